The lowest BCUT2D eigenvalue weighted by atomic mass is 9.82. The molecule has 0 spiro atoms. The molecular weight excluding hydrogens is 280 g/mol. The molecule has 5 heteroatoms. The standard InChI is InChI=1S/C17H26N2O3/c1-5-17(2,3)14-8-6-13(7-9-14)12-18-16(22)19(4)11-10-15(20)21/h6-9H,5,10-12H2,1-4H3,(H,18,22)(H,20,21). The molecule has 2 amide bonds. The number of carboxylic acid groups (broad SMARTS) is 1. The third-order valence-corrected chi connectivity index (χ3v) is 4.07. The van der Waals surface area contributed by atoms with E-state index < -0.39 is 5.97 Å². The highest BCUT2D eigenvalue weighted by Gasteiger charge is 2.17. The highest BCUT2D eigenvalue weighted by Crippen LogP contribution is 2.26. The summed E-state index contributed by atoms with van der Waals surface area (Å²) < 4.78 is 0. The maximum atomic E-state index is 11.8. The van der Waals surface area contributed by atoms with Crippen LogP contribution < -0.4 is 5.32 Å². The topological polar surface area (TPSA) is 69.6 Å². The summed E-state index contributed by atoms with van der Waals surface area (Å²) in [5.74, 6) is -0.909. The van der Waals surface area contributed by atoms with Gasteiger partial charge in [-0.1, -0.05) is 45.0 Å². The Morgan fingerprint density at radius 3 is 2.32 bits per heavy atom. The Bertz CT molecular complexity index is 509. The number of carbonyl (C=O) groups excluding carboxylic acids is 1. The average Bonchev–Trinajstić information content (AvgIpc) is 2.50. The molecule has 1 rings (SSSR count). The molecule has 5 nitrogen and oxygen atoms in total. The van der Waals surface area contributed by atoms with Crippen molar-refractivity contribution >= 4 is 12.0 Å². The van der Waals surface area contributed by atoms with Crippen molar-refractivity contribution in [2.75, 3.05) is 13.6 Å². The zero-order chi connectivity index (χ0) is 16.8. The molecule has 0 saturated heterocycles. The largest absolute Gasteiger partial charge is 0.481 e. The van der Waals surface area contributed by atoms with Gasteiger partial charge in [-0.3, -0.25) is 4.79 Å². The first-order valence-corrected chi connectivity index (χ1v) is 7.56. The Morgan fingerprint density at radius 2 is 1.82 bits per heavy atom. The smallest absolute Gasteiger partial charge is 0.317 e. The van der Waals surface area contributed by atoms with Crippen LogP contribution in [-0.2, 0) is 16.8 Å². The molecule has 1 aromatic rings. The number of urea groups is 1. The molecule has 122 valence electrons. The first-order valence-electron chi connectivity index (χ1n) is 7.56. The molecule has 0 aliphatic heterocycles. The highest BCUT2D eigenvalue weighted by molar-refractivity contribution is 5.75. The van der Waals surface area contributed by atoms with E-state index in [2.05, 4.69) is 38.2 Å². The molecule has 0 bridgehead atoms. The zero-order valence-corrected chi connectivity index (χ0v) is 13.8. The lowest BCUT2D eigenvalue weighted by Gasteiger charge is -2.23. The van der Waals surface area contributed by atoms with E-state index in [-0.39, 0.29) is 24.4 Å². The minimum Gasteiger partial charge on any atom is -0.481 e. The molecule has 22 heavy (non-hydrogen) atoms. The molecule has 0 saturated carbocycles. The van der Waals surface area contributed by atoms with Crippen LogP contribution >= 0.6 is 0 Å². The lowest BCUT2D eigenvalue weighted by molar-refractivity contribution is -0.137. The van der Waals surface area contributed by atoms with Crippen molar-refractivity contribution in [2.45, 2.75) is 45.6 Å². The second-order valence-electron chi connectivity index (χ2n) is 6.16. The molecule has 0 aliphatic rings. The molecule has 0 radical (unpaired) electrons. The summed E-state index contributed by atoms with van der Waals surface area (Å²) in [5, 5.41) is 11.4. The number of carboxylic acids is 1. The van der Waals surface area contributed by atoms with E-state index in [4.69, 9.17) is 5.11 Å². The summed E-state index contributed by atoms with van der Waals surface area (Å²) in [5.41, 5.74) is 2.46. The normalized spacial score (nSPS) is 11.1. The third-order valence-electron chi connectivity index (χ3n) is 4.07. The van der Waals surface area contributed by atoms with Gasteiger partial charge in [0.05, 0.1) is 6.42 Å². The number of amides is 2. The molecule has 0 fully saturated rings. The number of nitrogens with zero attached hydrogens (tertiary/aromatic N) is 1. The van der Waals surface area contributed by atoms with Crippen LogP contribution in [0.1, 0.15) is 44.7 Å². The van der Waals surface area contributed by atoms with Crippen LogP contribution in [0.2, 0.25) is 0 Å². The Labute approximate surface area is 132 Å². The number of carbonyl (C=O) groups is 2. The Kier molecular flexibility index (Phi) is 6.40. The van der Waals surface area contributed by atoms with E-state index in [1.165, 1.54) is 10.5 Å². The lowest BCUT2D eigenvalue weighted by Crippen LogP contribution is -2.37. The van der Waals surface area contributed by atoms with Gasteiger partial charge < -0.3 is 15.3 Å². The minimum absolute atomic E-state index is 0.0509. The number of hydrogen-bond donors (Lipinski definition) is 2. The van der Waals surface area contributed by atoms with Gasteiger partial charge in [0.1, 0.15) is 0 Å². The van der Waals surface area contributed by atoms with Crippen LogP contribution in [0.5, 0.6) is 0 Å². The molecule has 1 aromatic carbocycles. The van der Waals surface area contributed by atoms with Crippen LogP contribution in [0.4, 0.5) is 4.79 Å². The number of rotatable bonds is 7. The van der Waals surface area contributed by atoms with Crippen molar-refractivity contribution in [3.05, 3.63) is 35.4 Å². The van der Waals surface area contributed by atoms with Crippen molar-refractivity contribution in [2.24, 2.45) is 0 Å². The monoisotopic (exact) mass is 306 g/mol. The second kappa shape index (κ2) is 7.82. The van der Waals surface area contributed by atoms with Crippen molar-refractivity contribution < 1.29 is 14.7 Å². The molecule has 0 aromatic heterocycles. The first-order chi connectivity index (χ1) is 10.3. The van der Waals surface area contributed by atoms with E-state index in [9.17, 15) is 9.59 Å². The van der Waals surface area contributed by atoms with E-state index in [0.29, 0.717) is 6.54 Å². The van der Waals surface area contributed by atoms with Crippen molar-refractivity contribution in [3.8, 4) is 0 Å². The van der Waals surface area contributed by atoms with Gasteiger partial charge in [0.2, 0.25) is 0 Å². The molecule has 2 N–H and O–H groups in total. The molecular formula is C17H26N2O3. The summed E-state index contributed by atoms with van der Waals surface area (Å²) in [7, 11) is 1.59. The summed E-state index contributed by atoms with van der Waals surface area (Å²) in [6.45, 7) is 7.22. The molecule has 0 atom stereocenters. The van der Waals surface area contributed by atoms with Gasteiger partial charge in [-0.05, 0) is 23.0 Å². The van der Waals surface area contributed by atoms with Crippen LogP contribution in [0.3, 0.4) is 0 Å². The van der Waals surface area contributed by atoms with E-state index >= 15 is 0 Å². The van der Waals surface area contributed by atoms with Gasteiger partial charge in [-0.2, -0.15) is 0 Å². The Hall–Kier alpha value is -2.04. The fourth-order valence-corrected chi connectivity index (χ4v) is 1.96. The van der Waals surface area contributed by atoms with Crippen LogP contribution in [0.25, 0.3) is 0 Å². The number of nitrogens with one attached hydrogen (secondary N) is 1. The summed E-state index contributed by atoms with van der Waals surface area (Å²) >= 11 is 0. The molecule has 0 aliphatic carbocycles. The van der Waals surface area contributed by atoms with E-state index in [0.717, 1.165) is 12.0 Å². The summed E-state index contributed by atoms with van der Waals surface area (Å²) in [4.78, 5) is 23.7. The highest BCUT2D eigenvalue weighted by atomic mass is 16.4. The predicted molar refractivity (Wildman–Crippen MR) is 86.9 cm³/mol. The number of aliphatic carboxylic acids is 1. The van der Waals surface area contributed by atoms with Gasteiger partial charge in [0.15, 0.2) is 0 Å². The maximum Gasteiger partial charge on any atom is 0.317 e. The third kappa shape index (κ3) is 5.39. The van der Waals surface area contributed by atoms with Crippen LogP contribution in [0.15, 0.2) is 24.3 Å². The fraction of sp³-hybridized carbons (Fsp3) is 0.529. The quantitative estimate of drug-likeness (QED) is 0.813. The van der Waals surface area contributed by atoms with Crippen molar-refractivity contribution in [3.63, 3.8) is 0 Å². The Morgan fingerprint density at radius 1 is 1.23 bits per heavy atom. The molecule has 0 heterocycles. The number of benzene rings is 1. The average molecular weight is 306 g/mol. The Balaban J connectivity index is 2.51. The van der Waals surface area contributed by atoms with Gasteiger partial charge in [-0.25, -0.2) is 4.79 Å². The second-order valence-corrected chi connectivity index (χ2v) is 6.16. The zero-order valence-electron chi connectivity index (χ0n) is 13.8. The van der Waals surface area contributed by atoms with Crippen LogP contribution in [-0.4, -0.2) is 35.6 Å². The number of hydrogen-bond acceptors (Lipinski definition) is 2. The maximum absolute atomic E-state index is 11.8. The van der Waals surface area contributed by atoms with Gasteiger partial charge in [0.25, 0.3) is 0 Å². The first kappa shape index (κ1) is 18.0. The van der Waals surface area contributed by atoms with Gasteiger partial charge in [0, 0.05) is 20.1 Å². The summed E-state index contributed by atoms with van der Waals surface area (Å²) in [6, 6.07) is 7.96. The van der Waals surface area contributed by atoms with E-state index in [1.54, 1.807) is 7.05 Å². The van der Waals surface area contributed by atoms with Crippen LogP contribution in [0, 0.1) is 0 Å². The molecule has 0 unspecified atom stereocenters. The van der Waals surface area contributed by atoms with Gasteiger partial charge in [-0.15, -0.1) is 0 Å². The predicted octanol–water partition coefficient (Wildman–Crippen LogP) is 2.99. The minimum atomic E-state index is -0.909. The van der Waals surface area contributed by atoms with Crippen molar-refractivity contribution in [1.82, 2.24) is 10.2 Å². The fourth-order valence-electron chi connectivity index (χ4n) is 1.96. The SMILES string of the molecule is CCC(C)(C)c1ccc(CNC(=O)N(C)CCC(=O)O)cc1. The van der Waals surface area contributed by atoms with E-state index in [1.807, 2.05) is 12.1 Å². The summed E-state index contributed by atoms with van der Waals surface area (Å²) in [6.07, 6.45) is 1.02. The van der Waals surface area contributed by atoms with Crippen molar-refractivity contribution in [1.29, 1.82) is 0 Å². The van der Waals surface area contributed by atoms with Gasteiger partial charge >= 0.3 is 12.0 Å².